The smallest absolute Gasteiger partial charge is 0.412 e. The summed E-state index contributed by atoms with van der Waals surface area (Å²) in [5, 5.41) is 18.5. The molecule has 0 radical (unpaired) electrons. The van der Waals surface area contributed by atoms with E-state index in [9.17, 15) is 9.90 Å². The van der Waals surface area contributed by atoms with Gasteiger partial charge in [-0.15, -0.1) is 0 Å². The van der Waals surface area contributed by atoms with Crippen LogP contribution in [0, 0.1) is 11.3 Å². The Morgan fingerprint density at radius 3 is 2.26 bits per heavy atom. The predicted octanol–water partition coefficient (Wildman–Crippen LogP) is 3.77. The highest BCUT2D eigenvalue weighted by Crippen LogP contribution is 2.29. The van der Waals surface area contributed by atoms with Gasteiger partial charge >= 0.3 is 6.09 Å². The summed E-state index contributed by atoms with van der Waals surface area (Å²) < 4.78 is 0. The van der Waals surface area contributed by atoms with E-state index in [1.807, 2.05) is 40.7 Å². The van der Waals surface area contributed by atoms with E-state index in [2.05, 4.69) is 6.07 Å². The Balaban J connectivity index is 3.33. The minimum absolute atomic E-state index is 0.540. The van der Waals surface area contributed by atoms with Gasteiger partial charge in [0.2, 0.25) is 0 Å². The molecule has 0 heterocycles. The Morgan fingerprint density at radius 1 is 1.26 bits per heavy atom. The van der Waals surface area contributed by atoms with Crippen molar-refractivity contribution >= 4 is 11.8 Å². The molecule has 0 aliphatic carbocycles. The van der Waals surface area contributed by atoms with Gasteiger partial charge in [0, 0.05) is 11.2 Å². The van der Waals surface area contributed by atoms with Crippen LogP contribution in [0.5, 0.6) is 0 Å². The van der Waals surface area contributed by atoms with Gasteiger partial charge < -0.3 is 5.11 Å². The third kappa shape index (κ3) is 3.25. The molecule has 19 heavy (non-hydrogen) atoms. The van der Waals surface area contributed by atoms with Crippen molar-refractivity contribution in [1.82, 2.24) is 0 Å². The lowest BCUT2D eigenvalue weighted by Crippen LogP contribution is -2.45. The number of hydrogen-bond acceptors (Lipinski definition) is 2. The van der Waals surface area contributed by atoms with Crippen LogP contribution >= 0.6 is 0 Å². The fourth-order valence-electron chi connectivity index (χ4n) is 1.88. The molecule has 1 amide bonds. The van der Waals surface area contributed by atoms with Gasteiger partial charge in [0.05, 0.1) is 11.5 Å². The number of hydrogen-bond donors (Lipinski definition) is 1. The zero-order valence-corrected chi connectivity index (χ0v) is 12.1. The van der Waals surface area contributed by atoms with Crippen LogP contribution in [0.2, 0.25) is 0 Å². The van der Waals surface area contributed by atoms with E-state index in [1.165, 1.54) is 4.90 Å². The van der Waals surface area contributed by atoms with E-state index in [1.54, 1.807) is 18.2 Å². The van der Waals surface area contributed by atoms with Crippen LogP contribution in [-0.4, -0.2) is 16.7 Å². The number of nitriles is 1. The summed E-state index contributed by atoms with van der Waals surface area (Å²) in [5.41, 5.74) is 0.211. The molecule has 0 aromatic heterocycles. The van der Waals surface area contributed by atoms with Gasteiger partial charge in [-0.3, -0.25) is 4.90 Å². The maximum Gasteiger partial charge on any atom is 0.412 e. The lowest BCUT2D eigenvalue weighted by molar-refractivity contribution is 0.195. The van der Waals surface area contributed by atoms with Crippen LogP contribution in [0.1, 0.15) is 40.2 Å². The molecule has 0 unspecified atom stereocenters. The molecule has 0 spiro atoms. The third-order valence-corrected chi connectivity index (χ3v) is 2.97. The average molecular weight is 260 g/mol. The lowest BCUT2D eigenvalue weighted by Gasteiger charge is -2.33. The second-order valence-electron chi connectivity index (χ2n) is 6.08. The Hall–Kier alpha value is -2.02. The summed E-state index contributed by atoms with van der Waals surface area (Å²) in [4.78, 5) is 12.7. The van der Waals surface area contributed by atoms with Crippen LogP contribution in [0.25, 0.3) is 0 Å². The first kappa shape index (κ1) is 15.0. The zero-order chi connectivity index (χ0) is 14.8. The average Bonchev–Trinajstić information content (AvgIpc) is 2.27. The Bertz CT molecular complexity index is 522. The van der Waals surface area contributed by atoms with Crippen LogP contribution < -0.4 is 4.90 Å². The SMILES string of the molecule is CC(C)(C#N)c1cccc(N(C(=O)O)C(C)(C)C)c1. The van der Waals surface area contributed by atoms with Crippen molar-refractivity contribution in [1.29, 1.82) is 5.26 Å². The van der Waals surface area contributed by atoms with Crippen molar-refractivity contribution in [2.24, 2.45) is 0 Å². The van der Waals surface area contributed by atoms with Gasteiger partial charge in [-0.05, 0) is 52.3 Å². The molecule has 1 N–H and O–H groups in total. The molecule has 1 aromatic carbocycles. The minimum atomic E-state index is -1.00. The van der Waals surface area contributed by atoms with Gasteiger partial charge in [0.1, 0.15) is 0 Å². The van der Waals surface area contributed by atoms with Crippen molar-refractivity contribution < 1.29 is 9.90 Å². The largest absolute Gasteiger partial charge is 0.465 e. The van der Waals surface area contributed by atoms with Crippen molar-refractivity contribution in [3.8, 4) is 6.07 Å². The van der Waals surface area contributed by atoms with Gasteiger partial charge in [-0.25, -0.2) is 4.79 Å². The molecule has 1 rings (SSSR count). The first-order chi connectivity index (χ1) is 8.59. The van der Waals surface area contributed by atoms with E-state index in [0.717, 1.165) is 5.56 Å². The van der Waals surface area contributed by atoms with Crippen molar-refractivity contribution in [3.05, 3.63) is 29.8 Å². The molecule has 4 nitrogen and oxygen atoms in total. The Kier molecular flexibility index (Phi) is 3.90. The van der Waals surface area contributed by atoms with Gasteiger partial charge in [-0.1, -0.05) is 12.1 Å². The standard InChI is InChI=1S/C15H20N2O2/c1-14(2,3)17(13(18)19)12-8-6-7-11(9-12)15(4,5)10-16/h6-9H,1-5H3,(H,18,19). The highest BCUT2D eigenvalue weighted by Gasteiger charge is 2.29. The second-order valence-corrected chi connectivity index (χ2v) is 6.08. The third-order valence-electron chi connectivity index (χ3n) is 2.97. The first-order valence-electron chi connectivity index (χ1n) is 6.14. The minimum Gasteiger partial charge on any atom is -0.465 e. The summed E-state index contributed by atoms with van der Waals surface area (Å²) in [7, 11) is 0. The molecule has 0 saturated carbocycles. The van der Waals surface area contributed by atoms with E-state index in [4.69, 9.17) is 5.26 Å². The number of nitrogens with zero attached hydrogens (tertiary/aromatic N) is 2. The normalized spacial score (nSPS) is 11.8. The molecule has 0 saturated heterocycles. The number of benzene rings is 1. The monoisotopic (exact) mass is 260 g/mol. The molecule has 0 bridgehead atoms. The van der Waals surface area contributed by atoms with E-state index < -0.39 is 17.0 Å². The maximum atomic E-state index is 11.4. The van der Waals surface area contributed by atoms with Crippen LogP contribution in [0.4, 0.5) is 10.5 Å². The van der Waals surface area contributed by atoms with Crippen LogP contribution in [0.3, 0.4) is 0 Å². The second kappa shape index (κ2) is 4.93. The fourth-order valence-corrected chi connectivity index (χ4v) is 1.88. The van der Waals surface area contributed by atoms with Crippen molar-refractivity contribution in [2.75, 3.05) is 4.90 Å². The topological polar surface area (TPSA) is 64.3 Å². The van der Waals surface area contributed by atoms with E-state index in [0.29, 0.717) is 5.69 Å². The van der Waals surface area contributed by atoms with E-state index in [-0.39, 0.29) is 0 Å². The van der Waals surface area contributed by atoms with Gasteiger partial charge in [-0.2, -0.15) is 5.26 Å². The number of amides is 1. The highest BCUT2D eigenvalue weighted by atomic mass is 16.4. The molecular formula is C15H20N2O2. The maximum absolute atomic E-state index is 11.4. The molecule has 4 heteroatoms. The van der Waals surface area contributed by atoms with Crippen molar-refractivity contribution in [2.45, 2.75) is 45.6 Å². The summed E-state index contributed by atoms with van der Waals surface area (Å²) in [6, 6.07) is 9.36. The zero-order valence-electron chi connectivity index (χ0n) is 12.1. The predicted molar refractivity (Wildman–Crippen MR) is 75.3 cm³/mol. The quantitative estimate of drug-likeness (QED) is 0.880. The number of anilines is 1. The summed E-state index contributed by atoms with van der Waals surface area (Å²) >= 11 is 0. The summed E-state index contributed by atoms with van der Waals surface area (Å²) in [6.07, 6.45) is -1.00. The fraction of sp³-hybridized carbons (Fsp3) is 0.467. The van der Waals surface area contributed by atoms with Crippen LogP contribution in [0.15, 0.2) is 24.3 Å². The van der Waals surface area contributed by atoms with Gasteiger partial charge in [0.25, 0.3) is 0 Å². The summed E-state index contributed by atoms with van der Waals surface area (Å²) in [5.74, 6) is 0. The molecular weight excluding hydrogens is 240 g/mol. The molecule has 0 aliphatic rings. The highest BCUT2D eigenvalue weighted by molar-refractivity contribution is 5.87. The number of carbonyl (C=O) groups is 1. The molecule has 0 fully saturated rings. The molecule has 1 aromatic rings. The summed E-state index contributed by atoms with van der Waals surface area (Å²) in [6.45, 7) is 9.14. The molecule has 0 atom stereocenters. The molecule has 0 aliphatic heterocycles. The number of carboxylic acid groups (broad SMARTS) is 1. The Labute approximate surface area is 114 Å². The first-order valence-corrected chi connectivity index (χ1v) is 6.14. The van der Waals surface area contributed by atoms with Gasteiger partial charge in [0.15, 0.2) is 0 Å². The number of rotatable bonds is 2. The Morgan fingerprint density at radius 2 is 1.84 bits per heavy atom. The molecule has 102 valence electrons. The van der Waals surface area contributed by atoms with Crippen molar-refractivity contribution in [3.63, 3.8) is 0 Å². The van der Waals surface area contributed by atoms with E-state index >= 15 is 0 Å². The van der Waals surface area contributed by atoms with Crippen LogP contribution in [-0.2, 0) is 5.41 Å². The lowest BCUT2D eigenvalue weighted by atomic mass is 9.86.